The van der Waals surface area contributed by atoms with E-state index in [0.717, 1.165) is 115 Å². The predicted molar refractivity (Wildman–Crippen MR) is 286 cm³/mol. The highest BCUT2D eigenvalue weighted by Crippen LogP contribution is 2.45. The smallest absolute Gasteiger partial charge is 0.238 e. The molecule has 5 heterocycles. The zero-order valence-corrected chi connectivity index (χ0v) is 37.3. The fraction of sp³-hybridized carbons (Fsp3) is 0. The van der Waals surface area contributed by atoms with Crippen molar-refractivity contribution in [2.24, 2.45) is 0 Å². The summed E-state index contributed by atoms with van der Waals surface area (Å²) in [6, 6.07) is 75.0. The summed E-state index contributed by atoms with van der Waals surface area (Å²) < 4.78 is 18.0. The summed E-state index contributed by atoms with van der Waals surface area (Å²) in [5.41, 5.74) is 9.87. The average Bonchev–Trinajstić information content (AvgIpc) is 4.17. The lowest BCUT2D eigenvalue weighted by Gasteiger charge is -2.16. The second-order valence-electron chi connectivity index (χ2n) is 18.3. The van der Waals surface area contributed by atoms with Gasteiger partial charge in [0.15, 0.2) is 11.6 Å². The fourth-order valence-electron chi connectivity index (χ4n) is 11.4. The molecule has 0 aliphatic carbocycles. The highest BCUT2D eigenvalue weighted by atomic mass is 16.3. The molecule has 11 aromatic carbocycles. The number of para-hydroxylation sites is 3. The molecule has 0 radical (unpaired) electrons. The fourth-order valence-corrected chi connectivity index (χ4v) is 11.4. The van der Waals surface area contributed by atoms with Gasteiger partial charge in [0.1, 0.15) is 22.3 Å². The molecular weight excluding hydrogens is 859 g/mol. The Balaban J connectivity index is 1.07. The van der Waals surface area contributed by atoms with Gasteiger partial charge in [0.25, 0.3) is 0 Å². The van der Waals surface area contributed by atoms with Crippen molar-refractivity contribution >= 4 is 120 Å². The van der Waals surface area contributed by atoms with E-state index in [9.17, 15) is 0 Å². The van der Waals surface area contributed by atoms with Crippen LogP contribution >= 0.6 is 0 Å². The number of hydrogen-bond acceptors (Lipinski definition) is 5. The molecule has 0 amide bonds. The van der Waals surface area contributed by atoms with Crippen LogP contribution in [-0.2, 0) is 0 Å². The summed E-state index contributed by atoms with van der Waals surface area (Å²) in [5.74, 6) is 1.56. The number of aromatic nitrogens is 5. The molecule has 16 rings (SSSR count). The summed E-state index contributed by atoms with van der Waals surface area (Å²) in [6.07, 6.45) is 0. The molecule has 0 bridgehead atoms. The van der Waals surface area contributed by atoms with Gasteiger partial charge in [-0.1, -0.05) is 146 Å². The van der Waals surface area contributed by atoms with Crippen LogP contribution < -0.4 is 0 Å². The highest BCUT2D eigenvalue weighted by Gasteiger charge is 2.25. The van der Waals surface area contributed by atoms with Crippen molar-refractivity contribution in [1.82, 2.24) is 24.1 Å². The Hall–Kier alpha value is -9.59. The summed E-state index contributed by atoms with van der Waals surface area (Å²) in [4.78, 5) is 16.6. The molecule has 16 aromatic rings. The molecule has 0 saturated heterocycles. The van der Waals surface area contributed by atoms with Gasteiger partial charge in [0.2, 0.25) is 5.95 Å². The molecule has 7 nitrogen and oxygen atoms in total. The molecular formula is C63H35N5O2. The second-order valence-corrected chi connectivity index (χ2v) is 18.3. The van der Waals surface area contributed by atoms with E-state index in [1.165, 1.54) is 21.5 Å². The van der Waals surface area contributed by atoms with Crippen molar-refractivity contribution < 1.29 is 8.83 Å². The minimum atomic E-state index is 0.509. The van der Waals surface area contributed by atoms with Crippen molar-refractivity contribution in [3.63, 3.8) is 0 Å². The maximum absolute atomic E-state index is 6.91. The standard InChI is InChI=1S/C63H35N5O2/c1-2-16-39-32-53-47(31-38(39)15-1)59-41-17-5-3-13-36(41)26-29-52(59)67(53)54-35-58-49(60-42-18-6-4-14-37(42)27-30-56(60)70-58)34-48(54)62-64-61(40-25-28-46-45-21-9-12-24-55(45)69-57(46)33-40)65-63(66-62)68-50-22-10-7-19-43(50)44-20-8-11-23-51(44)68/h1-35H. The molecule has 0 aliphatic rings. The molecule has 0 aliphatic heterocycles. The van der Waals surface area contributed by atoms with Crippen LogP contribution in [0.3, 0.4) is 0 Å². The lowest BCUT2D eigenvalue weighted by molar-refractivity contribution is 0.668. The largest absolute Gasteiger partial charge is 0.456 e. The van der Waals surface area contributed by atoms with Crippen molar-refractivity contribution in [3.05, 3.63) is 212 Å². The van der Waals surface area contributed by atoms with E-state index in [2.05, 4.69) is 203 Å². The number of fused-ring (bicyclic) bond motifs is 17. The topological polar surface area (TPSA) is 74.8 Å². The van der Waals surface area contributed by atoms with Crippen LogP contribution in [0.5, 0.6) is 0 Å². The van der Waals surface area contributed by atoms with Crippen molar-refractivity contribution in [2.45, 2.75) is 0 Å². The van der Waals surface area contributed by atoms with Gasteiger partial charge in [-0.2, -0.15) is 9.97 Å². The van der Waals surface area contributed by atoms with E-state index in [1.807, 2.05) is 18.2 Å². The van der Waals surface area contributed by atoms with Crippen molar-refractivity contribution in [3.8, 4) is 34.4 Å². The molecule has 0 saturated carbocycles. The third-order valence-corrected chi connectivity index (χ3v) is 14.5. The zero-order valence-electron chi connectivity index (χ0n) is 37.3. The molecule has 0 atom stereocenters. The van der Waals surface area contributed by atoms with Gasteiger partial charge in [0, 0.05) is 60.3 Å². The van der Waals surface area contributed by atoms with E-state index < -0.39 is 0 Å². The van der Waals surface area contributed by atoms with E-state index in [4.69, 9.17) is 23.8 Å². The SMILES string of the molecule is c1ccc2cc3c(cc2c1)c1c2ccccc2ccc1n3-c1cc2oc3ccc4ccccc4c3c2cc1-c1nc(-c2ccc3c(c2)oc2ccccc23)nc(-n2c3ccccc3c3ccccc32)n1. The van der Waals surface area contributed by atoms with Crippen LogP contribution in [0.15, 0.2) is 221 Å². The molecule has 0 fully saturated rings. The number of furan rings is 2. The van der Waals surface area contributed by atoms with Crippen LogP contribution in [0.1, 0.15) is 0 Å². The lowest BCUT2D eigenvalue weighted by Crippen LogP contribution is -2.08. The van der Waals surface area contributed by atoms with Crippen molar-refractivity contribution in [1.29, 1.82) is 0 Å². The van der Waals surface area contributed by atoms with Crippen LogP contribution in [0.2, 0.25) is 0 Å². The van der Waals surface area contributed by atoms with E-state index in [1.54, 1.807) is 0 Å². The molecule has 70 heavy (non-hydrogen) atoms. The lowest BCUT2D eigenvalue weighted by atomic mass is 10.0. The summed E-state index contributed by atoms with van der Waals surface area (Å²) in [7, 11) is 0. The van der Waals surface area contributed by atoms with Gasteiger partial charge in [-0.15, -0.1) is 0 Å². The maximum Gasteiger partial charge on any atom is 0.238 e. The van der Waals surface area contributed by atoms with Gasteiger partial charge < -0.3 is 13.4 Å². The third-order valence-electron chi connectivity index (χ3n) is 14.5. The first-order valence-electron chi connectivity index (χ1n) is 23.6. The normalized spacial score (nSPS) is 12.3. The van der Waals surface area contributed by atoms with Crippen LogP contribution in [0.25, 0.3) is 154 Å². The molecule has 5 aromatic heterocycles. The summed E-state index contributed by atoms with van der Waals surface area (Å²) in [6.45, 7) is 0. The predicted octanol–water partition coefficient (Wildman–Crippen LogP) is 16.7. The first-order chi connectivity index (χ1) is 34.7. The Morgan fingerprint density at radius 2 is 0.886 bits per heavy atom. The minimum Gasteiger partial charge on any atom is -0.456 e. The molecule has 324 valence electrons. The summed E-state index contributed by atoms with van der Waals surface area (Å²) in [5, 5.41) is 15.7. The monoisotopic (exact) mass is 893 g/mol. The van der Waals surface area contributed by atoms with Gasteiger partial charge in [-0.05, 0) is 93.0 Å². The van der Waals surface area contributed by atoms with Gasteiger partial charge in [-0.3, -0.25) is 4.57 Å². The average molecular weight is 894 g/mol. The molecule has 0 N–H and O–H groups in total. The van der Waals surface area contributed by atoms with E-state index in [0.29, 0.717) is 17.6 Å². The Morgan fingerprint density at radius 1 is 0.300 bits per heavy atom. The van der Waals surface area contributed by atoms with Crippen LogP contribution in [0.4, 0.5) is 0 Å². The number of nitrogens with zero attached hydrogens (tertiary/aromatic N) is 5. The van der Waals surface area contributed by atoms with Crippen molar-refractivity contribution in [2.75, 3.05) is 0 Å². The van der Waals surface area contributed by atoms with Gasteiger partial charge >= 0.3 is 0 Å². The van der Waals surface area contributed by atoms with Gasteiger partial charge in [-0.25, -0.2) is 4.98 Å². The first kappa shape index (κ1) is 37.5. The van der Waals surface area contributed by atoms with Crippen LogP contribution in [-0.4, -0.2) is 24.1 Å². The minimum absolute atomic E-state index is 0.509. The number of benzene rings is 11. The molecule has 0 spiro atoms. The number of rotatable bonds is 4. The van der Waals surface area contributed by atoms with E-state index >= 15 is 0 Å². The van der Waals surface area contributed by atoms with E-state index in [-0.39, 0.29) is 0 Å². The quantitative estimate of drug-likeness (QED) is 0.176. The first-order valence-corrected chi connectivity index (χ1v) is 23.6. The Morgan fingerprint density at radius 3 is 1.66 bits per heavy atom. The third kappa shape index (κ3) is 5.25. The Bertz CT molecular complexity index is 4860. The molecule has 7 heteroatoms. The van der Waals surface area contributed by atoms with Gasteiger partial charge in [0.05, 0.1) is 27.8 Å². The Labute approximate surface area is 397 Å². The maximum atomic E-state index is 6.91. The zero-order chi connectivity index (χ0) is 45.6. The Kier molecular flexibility index (Phi) is 7.49. The summed E-state index contributed by atoms with van der Waals surface area (Å²) >= 11 is 0. The highest BCUT2D eigenvalue weighted by molar-refractivity contribution is 6.24. The van der Waals surface area contributed by atoms with Crippen LogP contribution in [0, 0.1) is 0 Å². The number of hydrogen-bond donors (Lipinski definition) is 0. The second kappa shape index (κ2) is 14.0. The molecule has 0 unspecified atom stereocenters.